The molecule has 3 aliphatic carbocycles. The summed E-state index contributed by atoms with van der Waals surface area (Å²) in [6.45, 7) is -1.53. The van der Waals surface area contributed by atoms with E-state index in [-0.39, 0.29) is 5.56 Å². The molecule has 1 aromatic carbocycles. The van der Waals surface area contributed by atoms with Gasteiger partial charge >= 0.3 is 12.3 Å². The molecule has 1 aromatic rings. The zero-order chi connectivity index (χ0) is 30.3. The van der Waals surface area contributed by atoms with Gasteiger partial charge in [-0.15, -0.1) is 0 Å². The number of Topliss-reactive ketones (excluding diaryl/α,β-unsaturated/α-hetero) is 2. The summed E-state index contributed by atoms with van der Waals surface area (Å²) in [7, 11) is 2.48. The Kier molecular flexibility index (Phi) is 6.77. The number of likely N-dealkylation sites (N-methyl/N-ethyl adjacent to an activating group) is 1. The molecule has 4 rings (SSSR count). The molecule has 0 spiro atoms. The molecular weight excluding hydrogens is 555 g/mol. The molecule has 11 nitrogen and oxygen atoms in total. The maximum atomic E-state index is 13.8. The van der Waals surface area contributed by atoms with E-state index in [1.165, 1.54) is 14.1 Å². The van der Waals surface area contributed by atoms with Crippen molar-refractivity contribution in [2.75, 3.05) is 20.7 Å². The van der Waals surface area contributed by atoms with E-state index in [0.717, 1.165) is 23.1 Å². The first kappa shape index (κ1) is 29.4. The van der Waals surface area contributed by atoms with E-state index < -0.39 is 106 Å². The van der Waals surface area contributed by atoms with Crippen LogP contribution in [0.5, 0.6) is 5.75 Å². The second-order valence-corrected chi connectivity index (χ2v) is 9.93. The van der Waals surface area contributed by atoms with Gasteiger partial charge in [0, 0.05) is 17.4 Å². The van der Waals surface area contributed by atoms with Crippen molar-refractivity contribution in [2.45, 2.75) is 35.9 Å². The third-order valence-corrected chi connectivity index (χ3v) is 7.57. The van der Waals surface area contributed by atoms with Gasteiger partial charge in [-0.25, -0.2) is 0 Å². The van der Waals surface area contributed by atoms with Crippen LogP contribution in [-0.4, -0.2) is 98.6 Å². The van der Waals surface area contributed by atoms with Crippen molar-refractivity contribution in [3.05, 3.63) is 46.2 Å². The Morgan fingerprint density at radius 2 is 1.73 bits per heavy atom. The van der Waals surface area contributed by atoms with E-state index in [0.29, 0.717) is 0 Å². The number of phenolic OH excluding ortho intramolecular Hbond substituents is 1. The van der Waals surface area contributed by atoms with E-state index in [4.69, 9.17) is 5.73 Å². The minimum absolute atomic E-state index is 0.303. The van der Waals surface area contributed by atoms with E-state index in [2.05, 4.69) is 4.74 Å². The summed E-state index contributed by atoms with van der Waals surface area (Å²) in [5, 5.41) is 55.3. The highest BCUT2D eigenvalue weighted by molar-refractivity contribution is 6.24. The molecule has 0 unspecified atom stereocenters. The highest BCUT2D eigenvalue weighted by Crippen LogP contribution is 2.56. The van der Waals surface area contributed by atoms with Gasteiger partial charge in [0.05, 0.1) is 30.2 Å². The van der Waals surface area contributed by atoms with Crippen LogP contribution in [0.4, 0.5) is 22.0 Å². The fourth-order valence-corrected chi connectivity index (χ4v) is 5.87. The second-order valence-electron chi connectivity index (χ2n) is 9.93. The van der Waals surface area contributed by atoms with Crippen molar-refractivity contribution >= 4 is 23.2 Å². The van der Waals surface area contributed by atoms with Gasteiger partial charge in [-0.2, -0.15) is 22.0 Å². The number of hydrogen-bond donors (Lipinski definition) is 6. The zero-order valence-corrected chi connectivity index (χ0v) is 20.6. The van der Waals surface area contributed by atoms with Crippen LogP contribution in [-0.2, 0) is 19.1 Å². The highest BCUT2D eigenvalue weighted by atomic mass is 19.4. The van der Waals surface area contributed by atoms with E-state index in [1.54, 1.807) is 0 Å². The van der Waals surface area contributed by atoms with Crippen LogP contribution in [0.2, 0.25) is 0 Å². The molecule has 40 heavy (non-hydrogen) atoms. The number of ether oxygens (including phenoxy) is 1. The number of alkyl halides is 5. The first-order valence-electron chi connectivity index (χ1n) is 11.5. The number of rotatable bonds is 5. The summed E-state index contributed by atoms with van der Waals surface area (Å²) in [5.74, 6) is -13.5. The van der Waals surface area contributed by atoms with Crippen molar-refractivity contribution in [3.63, 3.8) is 0 Å². The number of fused-ring (bicyclic) bond motifs is 3. The third kappa shape index (κ3) is 3.88. The highest BCUT2D eigenvalue weighted by Gasteiger charge is 2.69. The number of halogens is 5. The lowest BCUT2D eigenvalue weighted by molar-refractivity contribution is -0.392. The molecule has 0 heterocycles. The maximum absolute atomic E-state index is 13.8. The molecule has 16 heteroatoms. The van der Waals surface area contributed by atoms with Gasteiger partial charge in [0.1, 0.15) is 22.8 Å². The second kappa shape index (κ2) is 9.22. The summed E-state index contributed by atoms with van der Waals surface area (Å²) < 4.78 is 70.0. The molecule has 218 valence electrons. The number of hydrogen-bond acceptors (Lipinski definition) is 10. The Bertz CT molecular complexity index is 1370. The predicted molar refractivity (Wildman–Crippen MR) is 122 cm³/mol. The zero-order valence-electron chi connectivity index (χ0n) is 20.6. The van der Waals surface area contributed by atoms with E-state index in [1.807, 2.05) is 0 Å². The standard InChI is InChI=1S/C24H23F5N2O9/c1-31(2)15-14-17(34)11-8(6-40-24(28,29)23(25,26)27)7-4-3-5-9(32)10(7)16(33)12(11)19(36)22(14,39)20(37)13(18(15)35)21(30)38/h3-5,8,11,14-15,17,32-34,37,39H,6H2,1-2H3,(H2,30,38)/t8-,11-,14+,15-,17-,22-/m1/s1. The number of nitrogens with two attached hydrogens (primary N) is 1. The van der Waals surface area contributed by atoms with Gasteiger partial charge in [-0.1, -0.05) is 12.1 Å². The Morgan fingerprint density at radius 3 is 2.25 bits per heavy atom. The van der Waals surface area contributed by atoms with Gasteiger partial charge in [-0.3, -0.25) is 19.3 Å². The van der Waals surface area contributed by atoms with Crippen LogP contribution < -0.4 is 5.73 Å². The van der Waals surface area contributed by atoms with Crippen LogP contribution in [0.15, 0.2) is 35.1 Å². The van der Waals surface area contributed by atoms with Crippen LogP contribution >= 0.6 is 0 Å². The fourth-order valence-electron chi connectivity index (χ4n) is 5.87. The number of benzene rings is 1. The lowest BCUT2D eigenvalue weighted by Gasteiger charge is -2.54. The molecular formula is C24H23F5N2O9. The largest absolute Gasteiger partial charge is 0.508 e. The smallest absolute Gasteiger partial charge is 0.482 e. The predicted octanol–water partition coefficient (Wildman–Crippen LogP) is 0.648. The Morgan fingerprint density at radius 1 is 1.12 bits per heavy atom. The van der Waals surface area contributed by atoms with Gasteiger partial charge in [0.2, 0.25) is 5.78 Å². The topological polar surface area (TPSA) is 191 Å². The number of amides is 1. The number of carbonyl (C=O) groups excluding carboxylic acids is 3. The Hall–Kier alpha value is -3.60. The first-order chi connectivity index (χ1) is 18.3. The van der Waals surface area contributed by atoms with Crippen molar-refractivity contribution in [3.8, 4) is 5.75 Å². The normalized spacial score (nSPS) is 30.8. The lowest BCUT2D eigenvalue weighted by Crippen LogP contribution is -2.70. The molecule has 0 bridgehead atoms. The number of nitrogens with zero attached hydrogens (tertiary/aromatic N) is 1. The Labute approximate surface area is 221 Å². The number of aliphatic hydroxyl groups excluding tert-OH is 3. The number of phenols is 1. The summed E-state index contributed by atoms with van der Waals surface area (Å²) >= 11 is 0. The quantitative estimate of drug-likeness (QED) is 0.214. The van der Waals surface area contributed by atoms with Crippen molar-refractivity contribution in [2.24, 2.45) is 17.6 Å². The molecule has 0 aliphatic heterocycles. The van der Waals surface area contributed by atoms with Crippen LogP contribution in [0, 0.1) is 11.8 Å². The van der Waals surface area contributed by atoms with Gasteiger partial charge in [0.25, 0.3) is 5.91 Å². The van der Waals surface area contributed by atoms with Gasteiger partial charge in [-0.05, 0) is 25.7 Å². The van der Waals surface area contributed by atoms with Gasteiger partial charge in [0.15, 0.2) is 11.4 Å². The summed E-state index contributed by atoms with van der Waals surface area (Å²) in [6.07, 6.45) is -14.1. The first-order valence-corrected chi connectivity index (χ1v) is 11.5. The molecule has 0 radical (unpaired) electrons. The molecule has 0 aromatic heterocycles. The molecule has 3 aliphatic rings. The van der Waals surface area contributed by atoms with Crippen LogP contribution in [0.25, 0.3) is 5.76 Å². The number of ketones is 2. The number of carbonyl (C=O) groups is 3. The van der Waals surface area contributed by atoms with E-state index in [9.17, 15) is 61.9 Å². The summed E-state index contributed by atoms with van der Waals surface area (Å²) in [4.78, 5) is 40.1. The number of aromatic hydroxyl groups is 1. The van der Waals surface area contributed by atoms with Crippen molar-refractivity contribution < 1.29 is 66.6 Å². The molecule has 1 fully saturated rings. The maximum Gasteiger partial charge on any atom is 0.482 e. The average Bonchev–Trinajstić information content (AvgIpc) is 2.82. The molecule has 6 atom stereocenters. The molecule has 0 saturated heterocycles. The average molecular weight is 578 g/mol. The van der Waals surface area contributed by atoms with Gasteiger partial charge < -0.3 is 36.0 Å². The molecule has 1 amide bonds. The summed E-state index contributed by atoms with van der Waals surface area (Å²) in [5.41, 5.74) is -1.17. The van der Waals surface area contributed by atoms with Crippen LogP contribution in [0.1, 0.15) is 17.0 Å². The lowest BCUT2D eigenvalue weighted by atomic mass is 9.54. The fraction of sp³-hybridized carbons (Fsp3) is 0.458. The van der Waals surface area contributed by atoms with E-state index >= 15 is 0 Å². The Balaban J connectivity index is 2.00. The number of aliphatic hydroxyl groups is 4. The summed E-state index contributed by atoms with van der Waals surface area (Å²) in [6, 6.07) is 1.49. The number of primary amides is 1. The SMILES string of the molecule is CN(C)[C@H]1C(=O)C(C(N)=O)=C(O)[C@]2(O)C(=O)C3=C(O)c4c(O)cccc4[C@@H](COC(F)(F)C(F)(F)F)[C@H]3[C@@H](O)[C@H]12. The van der Waals surface area contributed by atoms with Crippen molar-refractivity contribution in [1.82, 2.24) is 4.90 Å². The minimum atomic E-state index is -6.15. The van der Waals surface area contributed by atoms with Crippen LogP contribution in [0.3, 0.4) is 0 Å². The third-order valence-electron chi connectivity index (χ3n) is 7.57. The minimum Gasteiger partial charge on any atom is -0.508 e. The molecule has 7 N–H and O–H groups in total. The van der Waals surface area contributed by atoms with Crippen molar-refractivity contribution in [1.29, 1.82) is 0 Å². The monoisotopic (exact) mass is 578 g/mol. The molecule has 1 saturated carbocycles.